The highest BCUT2D eigenvalue weighted by Gasteiger charge is 2.70. The minimum Gasteiger partial charge on any atom is -0.491 e. The summed E-state index contributed by atoms with van der Waals surface area (Å²) in [5.41, 5.74) is 1.82. The lowest BCUT2D eigenvalue weighted by Gasteiger charge is -2.51. The predicted octanol–water partition coefficient (Wildman–Crippen LogP) is 6.28. The molecule has 3 fully saturated rings. The van der Waals surface area contributed by atoms with Gasteiger partial charge in [-0.05, 0) is 79.8 Å². The minimum atomic E-state index is -1.46. The molecule has 2 aliphatic heterocycles. The number of carbonyl (C=O) groups excluding carboxylic acids is 5. The first-order valence-electron chi connectivity index (χ1n) is 17.4. The lowest BCUT2D eigenvalue weighted by molar-refractivity contribution is -0.127. The number of halogens is 1. The Labute approximate surface area is 305 Å². The zero-order valence-electron chi connectivity index (χ0n) is 28.3. The highest BCUT2D eigenvalue weighted by molar-refractivity contribution is 6.32. The summed E-state index contributed by atoms with van der Waals surface area (Å²) < 4.78 is 6.11. The molecule has 10 heteroatoms. The number of ketones is 1. The summed E-state index contributed by atoms with van der Waals surface area (Å²) in [7, 11) is 0. The van der Waals surface area contributed by atoms with Gasteiger partial charge < -0.3 is 9.84 Å². The maximum atomic E-state index is 15.4. The van der Waals surface area contributed by atoms with Gasteiger partial charge in [-0.25, -0.2) is 4.90 Å². The average Bonchev–Trinajstić information content (AvgIpc) is 3.55. The Balaban J connectivity index is 1.33. The van der Waals surface area contributed by atoms with Gasteiger partial charge in [-0.1, -0.05) is 77.8 Å². The van der Waals surface area contributed by atoms with E-state index < -0.39 is 46.8 Å². The number of aliphatic hydroxyl groups is 1. The van der Waals surface area contributed by atoms with E-state index in [2.05, 4.69) is 0 Å². The molecular weight excluding hydrogens is 680 g/mol. The van der Waals surface area contributed by atoms with Crippen LogP contribution in [0.4, 0.5) is 11.4 Å². The van der Waals surface area contributed by atoms with Crippen LogP contribution in [0.15, 0.2) is 115 Å². The molecule has 1 saturated carbocycles. The van der Waals surface area contributed by atoms with E-state index in [1.165, 1.54) is 16.7 Å². The van der Waals surface area contributed by atoms with Crippen LogP contribution in [0.2, 0.25) is 5.02 Å². The van der Waals surface area contributed by atoms with Crippen LogP contribution in [0.1, 0.15) is 47.2 Å². The van der Waals surface area contributed by atoms with Crippen LogP contribution in [0.3, 0.4) is 0 Å². The van der Waals surface area contributed by atoms with Crippen LogP contribution in [-0.4, -0.2) is 47.7 Å². The van der Waals surface area contributed by atoms with Crippen LogP contribution >= 0.6 is 11.6 Å². The first-order valence-corrected chi connectivity index (χ1v) is 17.8. The van der Waals surface area contributed by atoms with E-state index in [1.54, 1.807) is 54.6 Å². The predicted molar refractivity (Wildman–Crippen MR) is 194 cm³/mol. The number of anilines is 2. The minimum absolute atomic E-state index is 0.00452. The van der Waals surface area contributed by atoms with Crippen LogP contribution < -0.4 is 14.5 Å². The lowest BCUT2D eigenvalue weighted by Crippen LogP contribution is -2.53. The molecule has 2 heterocycles. The van der Waals surface area contributed by atoms with E-state index in [4.69, 9.17) is 16.3 Å². The Hall–Kier alpha value is -5.38. The normalized spacial score (nSPS) is 26.5. The molecule has 52 heavy (non-hydrogen) atoms. The molecule has 4 aromatic carbocycles. The van der Waals surface area contributed by atoms with E-state index in [9.17, 15) is 24.3 Å². The number of nitrogens with zero attached hydrogens (tertiary/aromatic N) is 2. The van der Waals surface area contributed by atoms with Gasteiger partial charge in [0.05, 0.1) is 41.2 Å². The van der Waals surface area contributed by atoms with Crippen LogP contribution in [-0.2, 0) is 24.6 Å². The van der Waals surface area contributed by atoms with Gasteiger partial charge in [0.2, 0.25) is 23.6 Å². The zero-order valence-corrected chi connectivity index (χ0v) is 29.0. The second-order valence-electron chi connectivity index (χ2n) is 13.8. The second kappa shape index (κ2) is 13.0. The van der Waals surface area contributed by atoms with Gasteiger partial charge >= 0.3 is 0 Å². The summed E-state index contributed by atoms with van der Waals surface area (Å²) in [5.74, 6) is -4.95. The monoisotopic (exact) mass is 714 g/mol. The molecule has 8 rings (SSSR count). The number of allylic oxidation sites excluding steroid dienone is 2. The van der Waals surface area contributed by atoms with Crippen LogP contribution in [0.5, 0.6) is 5.75 Å². The van der Waals surface area contributed by atoms with E-state index >= 15 is 4.79 Å². The topological polar surface area (TPSA) is 121 Å². The fourth-order valence-electron chi connectivity index (χ4n) is 9.19. The number of hydrogen-bond donors (Lipinski definition) is 1. The van der Waals surface area contributed by atoms with Crippen molar-refractivity contribution in [3.8, 4) is 5.75 Å². The molecule has 6 atom stereocenters. The van der Waals surface area contributed by atoms with Crippen molar-refractivity contribution < 1.29 is 33.8 Å². The Kier molecular flexibility index (Phi) is 8.43. The first kappa shape index (κ1) is 33.7. The average molecular weight is 715 g/mol. The number of benzene rings is 4. The summed E-state index contributed by atoms with van der Waals surface area (Å²) in [6.07, 6.45) is 2.40. The number of hydrogen-bond acceptors (Lipinski definition) is 7. The number of amides is 4. The van der Waals surface area contributed by atoms with Gasteiger partial charge in [0, 0.05) is 22.1 Å². The van der Waals surface area contributed by atoms with E-state index in [-0.39, 0.29) is 43.7 Å². The fraction of sp³-hybridized carbons (Fsp3) is 0.262. The summed E-state index contributed by atoms with van der Waals surface area (Å²) in [5, 5.41) is 10.1. The van der Waals surface area contributed by atoms with Crippen molar-refractivity contribution in [2.45, 2.75) is 31.1 Å². The zero-order chi connectivity index (χ0) is 36.3. The maximum absolute atomic E-state index is 15.4. The second-order valence-corrected chi connectivity index (χ2v) is 14.3. The molecule has 4 aliphatic rings. The third-order valence-corrected chi connectivity index (χ3v) is 11.5. The Morgan fingerprint density at radius 1 is 0.827 bits per heavy atom. The Bertz CT molecular complexity index is 2170. The Morgan fingerprint density at radius 2 is 1.56 bits per heavy atom. The quantitative estimate of drug-likeness (QED) is 0.130. The number of carbonyl (C=O) groups is 5. The van der Waals surface area contributed by atoms with E-state index in [0.717, 1.165) is 5.57 Å². The summed E-state index contributed by atoms with van der Waals surface area (Å²) in [6, 6.07) is 29.7. The van der Waals surface area contributed by atoms with Gasteiger partial charge in [-0.2, -0.15) is 0 Å². The van der Waals surface area contributed by atoms with Crippen LogP contribution in [0, 0.1) is 23.7 Å². The van der Waals surface area contributed by atoms with Crippen LogP contribution in [0.25, 0.3) is 0 Å². The molecule has 2 aliphatic carbocycles. The molecule has 6 unspecified atom stereocenters. The lowest BCUT2D eigenvalue weighted by atomic mass is 9.49. The molecule has 0 bridgehead atoms. The van der Waals surface area contributed by atoms with Crippen molar-refractivity contribution in [2.75, 3.05) is 23.0 Å². The number of ether oxygens (including phenoxy) is 1. The number of fused-ring (bicyclic) bond motifs is 4. The molecule has 4 aromatic rings. The number of imide groups is 2. The smallest absolute Gasteiger partial charge is 0.246 e. The van der Waals surface area contributed by atoms with Crippen molar-refractivity contribution >= 4 is 52.4 Å². The molecule has 2 saturated heterocycles. The third kappa shape index (κ3) is 4.98. The molecule has 1 N–H and O–H groups in total. The third-order valence-electron chi connectivity index (χ3n) is 11.3. The highest BCUT2D eigenvalue weighted by atomic mass is 35.5. The molecule has 0 radical (unpaired) electrons. The number of para-hydroxylation sites is 1. The number of rotatable bonds is 8. The summed E-state index contributed by atoms with van der Waals surface area (Å²) >= 11 is 6.41. The first-order chi connectivity index (χ1) is 25.2. The fourth-order valence-corrected chi connectivity index (χ4v) is 9.38. The number of Topliss-reactive ketones (excluding diaryl/α,β-unsaturated/α-hetero) is 1. The molecule has 9 nitrogen and oxygen atoms in total. The van der Waals surface area contributed by atoms with Crippen molar-refractivity contribution in [3.05, 3.63) is 136 Å². The number of aliphatic hydroxyl groups excluding tert-OH is 1. The van der Waals surface area contributed by atoms with E-state index in [0.29, 0.717) is 38.8 Å². The van der Waals surface area contributed by atoms with Crippen molar-refractivity contribution in [1.29, 1.82) is 0 Å². The molecule has 0 spiro atoms. The van der Waals surface area contributed by atoms with Gasteiger partial charge in [0.25, 0.3) is 0 Å². The summed E-state index contributed by atoms with van der Waals surface area (Å²) in [4.78, 5) is 73.4. The van der Waals surface area contributed by atoms with Gasteiger partial charge in [0.15, 0.2) is 5.78 Å². The van der Waals surface area contributed by atoms with Gasteiger partial charge in [0.1, 0.15) is 12.4 Å². The maximum Gasteiger partial charge on any atom is 0.246 e. The van der Waals surface area contributed by atoms with Crippen molar-refractivity contribution in [1.82, 2.24) is 0 Å². The standard InChI is InChI=1S/C42H35ClN2O7/c1-24(47)25-14-16-28(17-15-25)44-38(48)32-19-18-30-33(36(32)40(44)50)23-34-39(49)45(29-11-7-10-27(43)22-29)41(51)42(34,26-8-3-2-4-9-26)37(30)31-12-5-6-13-35(31)52-21-20-46/h2-18,22,32-34,36-37,46H,19-21,23H2,1H3. The molecule has 0 aromatic heterocycles. The van der Waals surface area contributed by atoms with Crippen molar-refractivity contribution in [3.63, 3.8) is 0 Å². The molecule has 4 amide bonds. The van der Waals surface area contributed by atoms with Crippen molar-refractivity contribution in [2.24, 2.45) is 23.7 Å². The largest absolute Gasteiger partial charge is 0.491 e. The molecule has 262 valence electrons. The highest BCUT2D eigenvalue weighted by Crippen LogP contribution is 2.65. The van der Waals surface area contributed by atoms with Gasteiger partial charge in [-0.3, -0.25) is 28.9 Å². The molecular formula is C42H35ClN2O7. The van der Waals surface area contributed by atoms with E-state index in [1.807, 2.05) is 54.6 Å². The van der Waals surface area contributed by atoms with Gasteiger partial charge in [-0.15, -0.1) is 0 Å². The Morgan fingerprint density at radius 3 is 2.27 bits per heavy atom. The SMILES string of the molecule is CC(=O)c1ccc(N2C(=O)C3CC=C4C(CC5C(=O)N(c6cccc(Cl)c6)C(=O)C5(c5ccccc5)C4c4ccccc4OCCO)C3C2=O)cc1. The summed E-state index contributed by atoms with van der Waals surface area (Å²) in [6.45, 7) is 1.22.